The Kier molecular flexibility index (Phi) is 3.22. The summed E-state index contributed by atoms with van der Waals surface area (Å²) in [7, 11) is 5.70. The summed E-state index contributed by atoms with van der Waals surface area (Å²) in [5, 5.41) is 12.4. The van der Waals surface area contributed by atoms with E-state index in [9.17, 15) is 0 Å². The Morgan fingerprint density at radius 3 is 2.53 bits per heavy atom. The molecule has 2 rings (SSSR count). The molecule has 0 saturated carbocycles. The summed E-state index contributed by atoms with van der Waals surface area (Å²) in [5.41, 5.74) is 3.05. The third kappa shape index (κ3) is 2.08. The van der Waals surface area contributed by atoms with E-state index in [1.807, 2.05) is 34.3 Å². The van der Waals surface area contributed by atoms with Crippen LogP contribution in [0.3, 0.4) is 0 Å². The third-order valence-corrected chi connectivity index (χ3v) is 3.15. The summed E-state index contributed by atoms with van der Waals surface area (Å²) >= 11 is 6.18. The van der Waals surface area contributed by atoms with Gasteiger partial charge in [-0.1, -0.05) is 11.6 Å². The van der Waals surface area contributed by atoms with E-state index in [2.05, 4.69) is 15.5 Å². The minimum absolute atomic E-state index is 0.00343. The summed E-state index contributed by atoms with van der Waals surface area (Å²) in [5.74, 6) is 0. The van der Waals surface area contributed by atoms with Crippen molar-refractivity contribution in [2.75, 3.05) is 7.05 Å². The molecule has 1 N–H and O–H groups in total. The zero-order chi connectivity index (χ0) is 12.6. The van der Waals surface area contributed by atoms with Gasteiger partial charge in [-0.05, 0) is 14.0 Å². The highest BCUT2D eigenvalue weighted by Crippen LogP contribution is 2.28. The molecule has 0 amide bonds. The number of halogens is 1. The Morgan fingerprint density at radius 2 is 2.12 bits per heavy atom. The molecule has 17 heavy (non-hydrogen) atoms. The Morgan fingerprint density at radius 1 is 1.41 bits per heavy atom. The lowest BCUT2D eigenvalue weighted by molar-refractivity contribution is 0.604. The highest BCUT2D eigenvalue weighted by atomic mass is 35.5. The third-order valence-electron chi connectivity index (χ3n) is 2.86. The molecule has 0 spiro atoms. The molecule has 0 fully saturated rings. The molecule has 6 heteroatoms. The first kappa shape index (κ1) is 12.1. The van der Waals surface area contributed by atoms with Gasteiger partial charge in [-0.25, -0.2) is 0 Å². The number of nitrogens with zero attached hydrogens (tertiary/aromatic N) is 4. The molecule has 0 aromatic carbocycles. The van der Waals surface area contributed by atoms with Crippen LogP contribution in [0.5, 0.6) is 0 Å². The van der Waals surface area contributed by atoms with E-state index in [0.717, 1.165) is 17.0 Å². The van der Waals surface area contributed by atoms with Crippen molar-refractivity contribution in [3.05, 3.63) is 34.4 Å². The molecule has 0 aliphatic carbocycles. The van der Waals surface area contributed by atoms with Gasteiger partial charge in [-0.3, -0.25) is 9.36 Å². The highest BCUT2D eigenvalue weighted by molar-refractivity contribution is 6.31. The van der Waals surface area contributed by atoms with E-state index in [1.54, 1.807) is 15.6 Å². The van der Waals surface area contributed by atoms with Crippen molar-refractivity contribution in [1.82, 2.24) is 24.9 Å². The van der Waals surface area contributed by atoms with Crippen LogP contribution in [0.1, 0.15) is 23.0 Å². The zero-order valence-electron chi connectivity index (χ0n) is 10.4. The van der Waals surface area contributed by atoms with Gasteiger partial charge in [0, 0.05) is 25.9 Å². The molecule has 1 unspecified atom stereocenters. The van der Waals surface area contributed by atoms with E-state index in [-0.39, 0.29) is 6.04 Å². The maximum Gasteiger partial charge on any atom is 0.0837 e. The zero-order valence-corrected chi connectivity index (χ0v) is 11.2. The number of aryl methyl sites for hydroxylation is 3. The number of aromatic nitrogens is 4. The number of hydrogen-bond acceptors (Lipinski definition) is 3. The van der Waals surface area contributed by atoms with Crippen LogP contribution in [-0.4, -0.2) is 26.6 Å². The van der Waals surface area contributed by atoms with Crippen molar-refractivity contribution in [3.63, 3.8) is 0 Å². The van der Waals surface area contributed by atoms with E-state index >= 15 is 0 Å². The smallest absolute Gasteiger partial charge is 0.0837 e. The van der Waals surface area contributed by atoms with Gasteiger partial charge in [0.1, 0.15) is 0 Å². The summed E-state index contributed by atoms with van der Waals surface area (Å²) in [6.07, 6.45) is 3.66. The van der Waals surface area contributed by atoms with Crippen molar-refractivity contribution < 1.29 is 0 Å². The first-order valence-electron chi connectivity index (χ1n) is 5.39. The van der Waals surface area contributed by atoms with E-state index in [1.165, 1.54) is 0 Å². The van der Waals surface area contributed by atoms with Crippen LogP contribution in [0.15, 0.2) is 12.4 Å². The van der Waals surface area contributed by atoms with Gasteiger partial charge in [-0.2, -0.15) is 10.2 Å². The molecule has 0 radical (unpaired) electrons. The summed E-state index contributed by atoms with van der Waals surface area (Å²) < 4.78 is 3.59. The quantitative estimate of drug-likeness (QED) is 0.900. The maximum absolute atomic E-state index is 6.18. The average Bonchev–Trinajstić information content (AvgIpc) is 2.76. The molecule has 2 aromatic rings. The summed E-state index contributed by atoms with van der Waals surface area (Å²) in [4.78, 5) is 0. The van der Waals surface area contributed by atoms with Crippen LogP contribution in [-0.2, 0) is 14.1 Å². The van der Waals surface area contributed by atoms with Crippen LogP contribution < -0.4 is 5.32 Å². The molecule has 5 nitrogen and oxygen atoms in total. The Balaban J connectivity index is 2.51. The highest BCUT2D eigenvalue weighted by Gasteiger charge is 2.22. The standard InChI is InChI=1S/C11H16ClN5/c1-7-8(6-16(3)15-7)10(13-2)11-9(12)5-14-17(11)4/h5-6,10,13H,1-4H3. The second-order valence-electron chi connectivity index (χ2n) is 4.07. The predicted octanol–water partition coefficient (Wildman–Crippen LogP) is 1.42. The first-order valence-corrected chi connectivity index (χ1v) is 5.77. The second kappa shape index (κ2) is 4.50. The fourth-order valence-electron chi connectivity index (χ4n) is 2.09. The van der Waals surface area contributed by atoms with Crippen LogP contribution >= 0.6 is 11.6 Å². The minimum atomic E-state index is 0.00343. The molecule has 0 aliphatic rings. The van der Waals surface area contributed by atoms with E-state index in [4.69, 9.17) is 11.6 Å². The normalized spacial score (nSPS) is 13.0. The van der Waals surface area contributed by atoms with Crippen LogP contribution in [0.4, 0.5) is 0 Å². The number of rotatable bonds is 3. The average molecular weight is 254 g/mol. The largest absolute Gasteiger partial charge is 0.308 e. The summed E-state index contributed by atoms with van der Waals surface area (Å²) in [6.45, 7) is 1.99. The lowest BCUT2D eigenvalue weighted by Crippen LogP contribution is -2.21. The Hall–Kier alpha value is -1.33. The molecule has 0 saturated heterocycles. The Bertz CT molecular complexity index is 508. The SMILES string of the molecule is CNC(c1cn(C)nc1C)c1c(Cl)cnn1C. The van der Waals surface area contributed by atoms with Crippen molar-refractivity contribution in [1.29, 1.82) is 0 Å². The van der Waals surface area contributed by atoms with Gasteiger partial charge in [0.2, 0.25) is 0 Å². The molecule has 2 heterocycles. The molecular formula is C11H16ClN5. The molecule has 1 atom stereocenters. The topological polar surface area (TPSA) is 47.7 Å². The summed E-state index contributed by atoms with van der Waals surface area (Å²) in [6, 6.07) is 0.00343. The van der Waals surface area contributed by atoms with Gasteiger partial charge in [0.05, 0.1) is 28.6 Å². The second-order valence-corrected chi connectivity index (χ2v) is 4.47. The maximum atomic E-state index is 6.18. The molecule has 92 valence electrons. The van der Waals surface area contributed by atoms with Crippen molar-refractivity contribution in [2.24, 2.45) is 14.1 Å². The molecule has 2 aromatic heterocycles. The lowest BCUT2D eigenvalue weighted by Gasteiger charge is -2.16. The molecular weight excluding hydrogens is 238 g/mol. The van der Waals surface area contributed by atoms with Gasteiger partial charge in [0.25, 0.3) is 0 Å². The number of nitrogens with one attached hydrogen (secondary N) is 1. The van der Waals surface area contributed by atoms with Gasteiger partial charge in [-0.15, -0.1) is 0 Å². The Labute approximate surface area is 105 Å². The van der Waals surface area contributed by atoms with Crippen LogP contribution in [0.25, 0.3) is 0 Å². The monoisotopic (exact) mass is 253 g/mol. The molecule has 0 aliphatic heterocycles. The minimum Gasteiger partial charge on any atom is -0.308 e. The van der Waals surface area contributed by atoms with Crippen molar-refractivity contribution >= 4 is 11.6 Å². The van der Waals surface area contributed by atoms with Gasteiger partial charge < -0.3 is 5.32 Å². The van der Waals surface area contributed by atoms with Gasteiger partial charge in [0.15, 0.2) is 0 Å². The van der Waals surface area contributed by atoms with E-state index in [0.29, 0.717) is 5.02 Å². The predicted molar refractivity (Wildman–Crippen MR) is 67.1 cm³/mol. The van der Waals surface area contributed by atoms with E-state index < -0.39 is 0 Å². The molecule has 0 bridgehead atoms. The van der Waals surface area contributed by atoms with Crippen molar-refractivity contribution in [2.45, 2.75) is 13.0 Å². The number of hydrogen-bond donors (Lipinski definition) is 1. The lowest BCUT2D eigenvalue weighted by atomic mass is 10.1. The van der Waals surface area contributed by atoms with Gasteiger partial charge >= 0.3 is 0 Å². The first-order chi connectivity index (χ1) is 8.04. The van der Waals surface area contributed by atoms with Crippen LogP contribution in [0.2, 0.25) is 5.02 Å². The van der Waals surface area contributed by atoms with Crippen LogP contribution in [0, 0.1) is 6.92 Å². The fourth-order valence-corrected chi connectivity index (χ4v) is 2.36. The van der Waals surface area contributed by atoms with Crippen molar-refractivity contribution in [3.8, 4) is 0 Å². The fraction of sp³-hybridized carbons (Fsp3) is 0.455.